The van der Waals surface area contributed by atoms with Crippen LogP contribution in [0.4, 0.5) is 0 Å². The smallest absolute Gasteiger partial charge is 0.0857 e. The van der Waals surface area contributed by atoms with Gasteiger partial charge in [0.25, 0.3) is 0 Å². The molecule has 0 aliphatic carbocycles. The Bertz CT molecular complexity index is 708. The minimum absolute atomic E-state index is 0.149. The van der Waals surface area contributed by atoms with Crippen molar-refractivity contribution in [3.63, 3.8) is 0 Å². The van der Waals surface area contributed by atoms with E-state index >= 15 is 0 Å². The molecule has 2 aliphatic rings. The summed E-state index contributed by atoms with van der Waals surface area (Å²) < 4.78 is 13.1. The zero-order valence-corrected chi connectivity index (χ0v) is 18.8. The van der Waals surface area contributed by atoms with Crippen LogP contribution in [0.15, 0.2) is 70.5 Å². The molecule has 2 aromatic rings. The summed E-state index contributed by atoms with van der Waals surface area (Å²) in [6, 6.07) is 21.3. The van der Waals surface area contributed by atoms with Crippen LogP contribution in [-0.4, -0.2) is 33.9 Å². The van der Waals surface area contributed by atoms with Crippen LogP contribution in [0.5, 0.6) is 0 Å². The summed E-state index contributed by atoms with van der Waals surface area (Å²) in [6.07, 6.45) is 2.40. The first kappa shape index (κ1) is 20.3. The van der Waals surface area contributed by atoms with Gasteiger partial charge in [-0.3, -0.25) is 0 Å². The third-order valence-electron chi connectivity index (χ3n) is 5.81. The maximum atomic E-state index is 6.55. The Morgan fingerprint density at radius 1 is 0.643 bits per heavy atom. The zero-order chi connectivity index (χ0) is 19.8. The highest BCUT2D eigenvalue weighted by Gasteiger charge is 2.51. The Balaban J connectivity index is 1.43. The Morgan fingerprint density at radius 2 is 1.00 bits per heavy atom. The van der Waals surface area contributed by atoms with Gasteiger partial charge in [0.15, 0.2) is 0 Å². The largest absolute Gasteiger partial charge is 0.368 e. The second-order valence-electron chi connectivity index (χ2n) is 8.83. The number of ether oxygens (including phenoxy) is 2. The third-order valence-corrected chi connectivity index (χ3v) is 8.99. The molecular weight excluding hydrogens is 384 g/mol. The average molecular weight is 415 g/mol. The summed E-state index contributed by atoms with van der Waals surface area (Å²) in [5, 5.41) is 0.875. The second kappa shape index (κ2) is 8.06. The van der Waals surface area contributed by atoms with Gasteiger partial charge in [0.05, 0.1) is 23.4 Å². The molecule has 2 fully saturated rings. The van der Waals surface area contributed by atoms with Gasteiger partial charge in [0.1, 0.15) is 0 Å². The molecular formula is C24H30O2S2. The maximum absolute atomic E-state index is 6.55. The number of rotatable bonds is 5. The molecule has 0 spiro atoms. The predicted molar refractivity (Wildman–Crippen MR) is 119 cm³/mol. The summed E-state index contributed by atoms with van der Waals surface area (Å²) in [4.78, 5) is 2.63. The molecule has 2 aromatic carbocycles. The van der Waals surface area contributed by atoms with Gasteiger partial charge in [0, 0.05) is 20.3 Å². The fraction of sp³-hybridized carbons (Fsp3) is 0.500. The first-order valence-electron chi connectivity index (χ1n) is 10.1. The van der Waals surface area contributed by atoms with Crippen LogP contribution in [-0.2, 0) is 9.47 Å². The van der Waals surface area contributed by atoms with Crippen molar-refractivity contribution in [2.24, 2.45) is 0 Å². The van der Waals surface area contributed by atoms with E-state index in [1.807, 2.05) is 23.5 Å². The van der Waals surface area contributed by atoms with Gasteiger partial charge >= 0.3 is 0 Å². The van der Waals surface area contributed by atoms with Gasteiger partial charge in [0.2, 0.25) is 0 Å². The van der Waals surface area contributed by atoms with Crippen molar-refractivity contribution >= 4 is 23.5 Å². The quantitative estimate of drug-likeness (QED) is 0.560. The average Bonchev–Trinajstić information content (AvgIpc) is 3.12. The van der Waals surface area contributed by atoms with Gasteiger partial charge in [-0.2, -0.15) is 0 Å². The molecule has 0 saturated carbocycles. The number of benzene rings is 2. The van der Waals surface area contributed by atoms with Crippen molar-refractivity contribution in [2.45, 2.75) is 84.2 Å². The molecule has 0 unspecified atom stereocenters. The normalized spacial score (nSPS) is 31.1. The summed E-state index contributed by atoms with van der Waals surface area (Å²) in [5.74, 6) is 0. The number of hydrogen-bond donors (Lipinski definition) is 0. The standard InChI is InChI=1S/C24H30O2S2/c1-23(2)21(27-17-11-7-5-8-12-17)15-19(25-23)20-16-22(24(3,4)26-20)28-18-13-9-6-10-14-18/h5-14,19-22H,15-16H2,1-4H3/t19-,20+,21+,22-. The van der Waals surface area contributed by atoms with E-state index in [1.165, 1.54) is 9.79 Å². The van der Waals surface area contributed by atoms with E-state index in [0.29, 0.717) is 10.5 Å². The number of hydrogen-bond acceptors (Lipinski definition) is 4. The molecule has 2 aliphatic heterocycles. The lowest BCUT2D eigenvalue weighted by atomic mass is 10.0. The SMILES string of the molecule is CC1(C)O[C@@H]([C@@H]2C[C@@H](Sc3ccccc3)C(C)(C)O2)C[C@@H]1Sc1ccccc1. The molecule has 4 heteroatoms. The molecule has 2 nitrogen and oxygen atoms in total. The summed E-state index contributed by atoms with van der Waals surface area (Å²) in [5.41, 5.74) is -0.299. The lowest BCUT2D eigenvalue weighted by Crippen LogP contribution is -2.33. The van der Waals surface area contributed by atoms with Crippen LogP contribution in [0.25, 0.3) is 0 Å². The van der Waals surface area contributed by atoms with Gasteiger partial charge < -0.3 is 9.47 Å². The minimum atomic E-state index is -0.149. The Hall–Kier alpha value is -0.940. The van der Waals surface area contributed by atoms with E-state index in [1.54, 1.807) is 0 Å². The van der Waals surface area contributed by atoms with Gasteiger partial charge in [-0.1, -0.05) is 36.4 Å². The number of thioether (sulfide) groups is 2. The third kappa shape index (κ3) is 4.46. The monoisotopic (exact) mass is 414 g/mol. The second-order valence-corrected chi connectivity index (χ2v) is 11.4. The van der Waals surface area contributed by atoms with Crippen LogP contribution in [0, 0.1) is 0 Å². The molecule has 0 N–H and O–H groups in total. The maximum Gasteiger partial charge on any atom is 0.0857 e. The molecule has 0 amide bonds. The molecule has 0 aromatic heterocycles. The minimum Gasteiger partial charge on any atom is -0.368 e. The van der Waals surface area contributed by atoms with Crippen LogP contribution < -0.4 is 0 Å². The summed E-state index contributed by atoms with van der Waals surface area (Å²) in [7, 11) is 0. The van der Waals surface area contributed by atoms with Crippen LogP contribution in [0.3, 0.4) is 0 Å². The van der Waals surface area contributed by atoms with E-state index in [4.69, 9.17) is 9.47 Å². The van der Waals surface area contributed by atoms with Gasteiger partial charge in [-0.05, 0) is 64.8 Å². The van der Waals surface area contributed by atoms with Crippen molar-refractivity contribution < 1.29 is 9.47 Å². The fourth-order valence-electron chi connectivity index (χ4n) is 4.18. The lowest BCUT2D eigenvalue weighted by molar-refractivity contribution is -0.109. The first-order valence-corrected chi connectivity index (χ1v) is 11.9. The Labute approximate surface area is 177 Å². The first-order chi connectivity index (χ1) is 13.3. The zero-order valence-electron chi connectivity index (χ0n) is 17.1. The molecule has 4 atom stereocenters. The van der Waals surface area contributed by atoms with E-state index in [-0.39, 0.29) is 23.4 Å². The predicted octanol–water partition coefficient (Wildman–Crippen LogP) is 6.44. The van der Waals surface area contributed by atoms with Crippen molar-refractivity contribution in [1.82, 2.24) is 0 Å². The van der Waals surface area contributed by atoms with E-state index in [9.17, 15) is 0 Å². The van der Waals surface area contributed by atoms with Crippen molar-refractivity contribution in [1.29, 1.82) is 0 Å². The van der Waals surface area contributed by atoms with Crippen molar-refractivity contribution in [3.8, 4) is 0 Å². The fourth-order valence-corrected chi connectivity index (χ4v) is 6.72. The highest BCUT2D eigenvalue weighted by Crippen LogP contribution is 2.48. The van der Waals surface area contributed by atoms with Crippen LogP contribution >= 0.6 is 23.5 Å². The molecule has 150 valence electrons. The molecule has 0 bridgehead atoms. The van der Waals surface area contributed by atoms with Crippen LogP contribution in [0.2, 0.25) is 0 Å². The summed E-state index contributed by atoms with van der Waals surface area (Å²) >= 11 is 3.88. The van der Waals surface area contributed by atoms with Crippen molar-refractivity contribution in [2.75, 3.05) is 0 Å². The Morgan fingerprint density at radius 3 is 1.36 bits per heavy atom. The molecule has 2 saturated heterocycles. The van der Waals surface area contributed by atoms with Gasteiger partial charge in [-0.15, -0.1) is 23.5 Å². The Kier molecular flexibility index (Phi) is 5.85. The summed E-state index contributed by atoms with van der Waals surface area (Å²) in [6.45, 7) is 8.90. The van der Waals surface area contributed by atoms with E-state index in [2.05, 4.69) is 88.4 Å². The van der Waals surface area contributed by atoms with E-state index in [0.717, 1.165) is 12.8 Å². The molecule has 0 radical (unpaired) electrons. The van der Waals surface area contributed by atoms with Crippen molar-refractivity contribution in [3.05, 3.63) is 60.7 Å². The van der Waals surface area contributed by atoms with Gasteiger partial charge in [-0.25, -0.2) is 0 Å². The highest BCUT2D eigenvalue weighted by atomic mass is 32.2. The highest BCUT2D eigenvalue weighted by molar-refractivity contribution is 8.00. The molecule has 4 rings (SSSR count). The van der Waals surface area contributed by atoms with Crippen LogP contribution in [0.1, 0.15) is 40.5 Å². The topological polar surface area (TPSA) is 18.5 Å². The van der Waals surface area contributed by atoms with E-state index < -0.39 is 0 Å². The molecule has 28 heavy (non-hydrogen) atoms. The lowest BCUT2D eigenvalue weighted by Gasteiger charge is -2.27. The molecule has 2 heterocycles.